The van der Waals surface area contributed by atoms with Gasteiger partial charge in [-0.2, -0.15) is 0 Å². The first kappa shape index (κ1) is 14.8. The van der Waals surface area contributed by atoms with Gasteiger partial charge in [0.15, 0.2) is 0 Å². The van der Waals surface area contributed by atoms with Crippen molar-refractivity contribution < 1.29 is 9.53 Å². The van der Waals surface area contributed by atoms with E-state index in [4.69, 9.17) is 4.74 Å². The van der Waals surface area contributed by atoms with Crippen molar-refractivity contribution in [2.75, 3.05) is 19.8 Å². The fourth-order valence-corrected chi connectivity index (χ4v) is 4.19. The number of fused-ring (bicyclic) bond motifs is 1. The highest BCUT2D eigenvalue weighted by atomic mass is 32.1. The predicted molar refractivity (Wildman–Crippen MR) is 82.9 cm³/mol. The number of nitrogens with one attached hydrogen (secondary N) is 2. The van der Waals surface area contributed by atoms with Crippen molar-refractivity contribution in [2.24, 2.45) is 0 Å². The van der Waals surface area contributed by atoms with E-state index in [0.717, 1.165) is 43.9 Å². The summed E-state index contributed by atoms with van der Waals surface area (Å²) in [6.45, 7) is 4.24. The topological polar surface area (TPSA) is 63.2 Å². The van der Waals surface area contributed by atoms with E-state index in [0.29, 0.717) is 12.5 Å². The molecule has 21 heavy (non-hydrogen) atoms. The Bertz CT molecular complexity index is 497. The fraction of sp³-hybridized carbons (Fsp3) is 0.733. The van der Waals surface area contributed by atoms with Gasteiger partial charge in [0.2, 0.25) is 0 Å². The maximum Gasteiger partial charge on any atom is 0.315 e. The lowest BCUT2D eigenvalue weighted by Gasteiger charge is -2.25. The molecule has 2 heterocycles. The highest BCUT2D eigenvalue weighted by Gasteiger charge is 2.24. The molecule has 1 aromatic rings. The van der Waals surface area contributed by atoms with Crippen LogP contribution in [0.2, 0.25) is 0 Å². The second-order valence-corrected chi connectivity index (χ2v) is 7.16. The molecule has 3 rings (SSSR count). The van der Waals surface area contributed by atoms with Gasteiger partial charge in [-0.05, 0) is 39.0 Å². The highest BCUT2D eigenvalue weighted by Crippen LogP contribution is 2.34. The molecule has 2 amide bonds. The van der Waals surface area contributed by atoms with Gasteiger partial charge >= 0.3 is 6.03 Å². The van der Waals surface area contributed by atoms with Crippen molar-refractivity contribution in [1.29, 1.82) is 0 Å². The van der Waals surface area contributed by atoms with Gasteiger partial charge < -0.3 is 15.4 Å². The van der Waals surface area contributed by atoms with E-state index in [1.165, 1.54) is 17.0 Å². The van der Waals surface area contributed by atoms with Crippen LogP contribution in [0.1, 0.15) is 47.2 Å². The Morgan fingerprint density at radius 3 is 3.00 bits per heavy atom. The van der Waals surface area contributed by atoms with Crippen LogP contribution in [0.15, 0.2) is 0 Å². The van der Waals surface area contributed by atoms with Crippen LogP contribution in [0.5, 0.6) is 0 Å². The second-order valence-electron chi connectivity index (χ2n) is 5.87. The number of carbonyl (C=O) groups is 1. The van der Waals surface area contributed by atoms with Gasteiger partial charge in [-0.1, -0.05) is 0 Å². The molecule has 1 saturated heterocycles. The minimum absolute atomic E-state index is 0.0547. The second kappa shape index (κ2) is 6.75. The van der Waals surface area contributed by atoms with Crippen molar-refractivity contribution in [3.05, 3.63) is 15.6 Å². The summed E-state index contributed by atoms with van der Waals surface area (Å²) < 4.78 is 5.30. The molecule has 1 atom stereocenters. The molecule has 2 aliphatic rings. The van der Waals surface area contributed by atoms with Crippen LogP contribution in [0.4, 0.5) is 4.79 Å². The Hall–Kier alpha value is -1.14. The third-order valence-electron chi connectivity index (χ3n) is 4.24. The van der Waals surface area contributed by atoms with Gasteiger partial charge in [0.25, 0.3) is 0 Å². The van der Waals surface area contributed by atoms with Crippen molar-refractivity contribution in [3.8, 4) is 0 Å². The molecule has 0 aromatic carbocycles. The minimum atomic E-state index is -0.0547. The summed E-state index contributed by atoms with van der Waals surface area (Å²) in [6, 6.07) is 0.197. The Morgan fingerprint density at radius 2 is 2.19 bits per heavy atom. The lowest BCUT2D eigenvalue weighted by atomic mass is 9.91. The third-order valence-corrected chi connectivity index (χ3v) is 5.29. The van der Waals surface area contributed by atoms with Gasteiger partial charge in [-0.15, -0.1) is 11.3 Å². The number of rotatable bonds is 3. The molecule has 5 nitrogen and oxygen atoms in total. The summed E-state index contributed by atoms with van der Waals surface area (Å²) in [5.74, 6) is 0.374. The van der Waals surface area contributed by atoms with E-state index in [9.17, 15) is 4.79 Å². The fourth-order valence-electron chi connectivity index (χ4n) is 3.12. The molecule has 0 bridgehead atoms. The maximum absolute atomic E-state index is 12.0. The molecular weight excluding hydrogens is 286 g/mol. The summed E-state index contributed by atoms with van der Waals surface area (Å²) in [5.41, 5.74) is 1.22. The van der Waals surface area contributed by atoms with Crippen LogP contribution in [0.3, 0.4) is 0 Å². The first-order valence-corrected chi connectivity index (χ1v) is 8.62. The Balaban J connectivity index is 1.50. The minimum Gasteiger partial charge on any atom is -0.381 e. The molecular formula is C15H23N3O2S. The van der Waals surface area contributed by atoms with Gasteiger partial charge in [0, 0.05) is 36.6 Å². The first-order chi connectivity index (χ1) is 10.2. The van der Waals surface area contributed by atoms with E-state index < -0.39 is 0 Å². The molecule has 1 aromatic heterocycles. The van der Waals surface area contributed by atoms with Crippen LogP contribution in [-0.2, 0) is 11.2 Å². The molecule has 1 fully saturated rings. The smallest absolute Gasteiger partial charge is 0.315 e. The monoisotopic (exact) mass is 309 g/mol. The zero-order chi connectivity index (χ0) is 14.7. The van der Waals surface area contributed by atoms with E-state index >= 15 is 0 Å². The number of carbonyl (C=O) groups excluding carboxylic acids is 1. The lowest BCUT2D eigenvalue weighted by molar-refractivity contribution is 0.0800. The SMILES string of the molecule is Cc1nc2c(s1)CCC[C@H]2CNC(=O)NC1CCOCC1. The zero-order valence-electron chi connectivity index (χ0n) is 12.5. The number of hydrogen-bond acceptors (Lipinski definition) is 4. The quantitative estimate of drug-likeness (QED) is 0.901. The standard InChI is InChI=1S/C15H23N3O2S/c1-10-17-14-11(3-2-4-13(14)21-10)9-16-15(19)18-12-5-7-20-8-6-12/h11-12H,2-9H2,1H3,(H2,16,18,19)/t11-/m0/s1. The predicted octanol–water partition coefficient (Wildman–Crippen LogP) is 2.35. The Kier molecular flexibility index (Phi) is 4.75. The van der Waals surface area contributed by atoms with Crippen molar-refractivity contribution in [1.82, 2.24) is 15.6 Å². The van der Waals surface area contributed by atoms with Crippen LogP contribution in [0, 0.1) is 6.92 Å². The average Bonchev–Trinajstić information content (AvgIpc) is 2.87. The molecule has 6 heteroatoms. The summed E-state index contributed by atoms with van der Waals surface area (Å²) >= 11 is 1.80. The number of amides is 2. The molecule has 0 spiro atoms. The Labute approximate surface area is 129 Å². The van der Waals surface area contributed by atoms with Crippen LogP contribution in [0.25, 0.3) is 0 Å². The zero-order valence-corrected chi connectivity index (χ0v) is 13.3. The number of aryl methyl sites for hydroxylation is 2. The summed E-state index contributed by atoms with van der Waals surface area (Å²) in [5, 5.41) is 7.20. The molecule has 0 saturated carbocycles. The van der Waals surface area contributed by atoms with Crippen molar-refractivity contribution in [3.63, 3.8) is 0 Å². The van der Waals surface area contributed by atoms with Crippen LogP contribution < -0.4 is 10.6 Å². The van der Waals surface area contributed by atoms with Gasteiger partial charge in [0.05, 0.1) is 10.7 Å². The highest BCUT2D eigenvalue weighted by molar-refractivity contribution is 7.11. The van der Waals surface area contributed by atoms with E-state index in [-0.39, 0.29) is 12.1 Å². The lowest BCUT2D eigenvalue weighted by Crippen LogP contribution is -2.45. The number of thiazole rings is 1. The largest absolute Gasteiger partial charge is 0.381 e. The van der Waals surface area contributed by atoms with Crippen molar-refractivity contribution >= 4 is 17.4 Å². The first-order valence-electron chi connectivity index (χ1n) is 7.80. The number of hydrogen-bond donors (Lipinski definition) is 2. The van der Waals surface area contributed by atoms with E-state index in [1.54, 1.807) is 11.3 Å². The summed E-state index contributed by atoms with van der Waals surface area (Å²) in [4.78, 5) is 18.1. The summed E-state index contributed by atoms with van der Waals surface area (Å²) in [7, 11) is 0. The third kappa shape index (κ3) is 3.74. The van der Waals surface area contributed by atoms with Gasteiger partial charge in [0.1, 0.15) is 0 Å². The number of nitrogens with zero attached hydrogens (tertiary/aromatic N) is 1. The molecule has 2 N–H and O–H groups in total. The van der Waals surface area contributed by atoms with E-state index in [2.05, 4.69) is 22.5 Å². The number of urea groups is 1. The molecule has 1 aliphatic carbocycles. The van der Waals surface area contributed by atoms with Gasteiger partial charge in [-0.3, -0.25) is 0 Å². The van der Waals surface area contributed by atoms with Crippen LogP contribution >= 0.6 is 11.3 Å². The molecule has 1 aliphatic heterocycles. The molecule has 0 unspecified atom stereocenters. The normalized spacial score (nSPS) is 22.6. The average molecular weight is 309 g/mol. The number of ether oxygens (including phenoxy) is 1. The maximum atomic E-state index is 12.0. The molecule has 0 radical (unpaired) electrons. The number of aromatic nitrogens is 1. The van der Waals surface area contributed by atoms with Crippen molar-refractivity contribution in [2.45, 2.75) is 51.0 Å². The van der Waals surface area contributed by atoms with Gasteiger partial charge in [-0.25, -0.2) is 9.78 Å². The van der Waals surface area contributed by atoms with Crippen LogP contribution in [-0.4, -0.2) is 36.8 Å². The van der Waals surface area contributed by atoms with E-state index in [1.807, 2.05) is 0 Å². The summed E-state index contributed by atoms with van der Waals surface area (Å²) in [6.07, 6.45) is 5.28. The Morgan fingerprint density at radius 1 is 1.38 bits per heavy atom. The molecule has 116 valence electrons.